The minimum Gasteiger partial charge on any atom is -0.491 e. The topological polar surface area (TPSA) is 89.1 Å². The van der Waals surface area contributed by atoms with Crippen molar-refractivity contribution in [3.05, 3.63) is 23.8 Å². The number of anilines is 1. The van der Waals surface area contributed by atoms with E-state index in [0.717, 1.165) is 6.54 Å². The summed E-state index contributed by atoms with van der Waals surface area (Å²) in [5.74, 6) is 0.473. The molecule has 2 amide bonds. The number of fused-ring (bicyclic) bond motifs is 1. The summed E-state index contributed by atoms with van der Waals surface area (Å²) in [6, 6.07) is 5.37. The molecule has 1 aromatic carbocycles. The van der Waals surface area contributed by atoms with E-state index in [1.807, 2.05) is 0 Å². The van der Waals surface area contributed by atoms with Gasteiger partial charge in [0.05, 0.1) is 11.7 Å². The Morgan fingerprint density at radius 1 is 1.26 bits per heavy atom. The van der Waals surface area contributed by atoms with Gasteiger partial charge in [-0.15, -0.1) is 0 Å². The van der Waals surface area contributed by atoms with Gasteiger partial charge in [0, 0.05) is 58.1 Å². The molecule has 2 aliphatic heterocycles. The average Bonchev–Trinajstić information content (AvgIpc) is 2.79. The van der Waals surface area contributed by atoms with Gasteiger partial charge in [-0.1, -0.05) is 6.92 Å². The van der Waals surface area contributed by atoms with Crippen LogP contribution < -0.4 is 15.4 Å². The maximum Gasteiger partial charge on any atom is 0.257 e. The molecule has 1 aromatic rings. The van der Waals surface area contributed by atoms with Gasteiger partial charge in [-0.25, -0.2) is 0 Å². The molecule has 2 aliphatic rings. The number of methoxy groups -OCH3 is 1. The lowest BCUT2D eigenvalue weighted by molar-refractivity contribution is -0.122. The Morgan fingerprint density at radius 2 is 2.00 bits per heavy atom. The van der Waals surface area contributed by atoms with Gasteiger partial charge in [0.1, 0.15) is 12.4 Å². The number of likely N-dealkylation sites (N-methyl/N-ethyl adjacent to an activating group) is 1. The van der Waals surface area contributed by atoms with Gasteiger partial charge in [-0.05, 0) is 43.9 Å². The Bertz CT molecular complexity index is 766. The summed E-state index contributed by atoms with van der Waals surface area (Å²) in [4.78, 5) is 27.6. The van der Waals surface area contributed by atoms with Crippen LogP contribution >= 0.6 is 0 Å². The standard InChI is InChI=1S/C23H35N3O5/c1-15-12-24-16(2)14-31-20-6-5-18(25-22(27)17-7-9-30-10-8-17)11-19(20)23(28)26(3)13-21(15)29-4/h5-6,11,15-17,21,24H,7-10,12-14H2,1-4H3,(H,25,27)/t15-,16-,21+/m0/s1. The molecule has 2 heterocycles. The molecule has 0 saturated carbocycles. The highest BCUT2D eigenvalue weighted by atomic mass is 16.5. The van der Waals surface area contributed by atoms with E-state index in [0.29, 0.717) is 56.2 Å². The van der Waals surface area contributed by atoms with Crippen molar-refractivity contribution in [2.24, 2.45) is 11.8 Å². The van der Waals surface area contributed by atoms with Crippen LogP contribution in [0.2, 0.25) is 0 Å². The summed E-state index contributed by atoms with van der Waals surface area (Å²) in [6.45, 7) is 7.03. The zero-order valence-electron chi connectivity index (χ0n) is 19.0. The second kappa shape index (κ2) is 10.9. The Hall–Kier alpha value is -2.16. The lowest BCUT2D eigenvalue weighted by atomic mass is 9.99. The molecule has 2 N–H and O–H groups in total. The van der Waals surface area contributed by atoms with Crippen molar-refractivity contribution >= 4 is 17.5 Å². The maximum atomic E-state index is 13.3. The molecule has 0 bridgehead atoms. The Kier molecular flexibility index (Phi) is 8.28. The van der Waals surface area contributed by atoms with Gasteiger partial charge in [-0.2, -0.15) is 0 Å². The number of hydrogen-bond acceptors (Lipinski definition) is 6. The summed E-state index contributed by atoms with van der Waals surface area (Å²) in [5.41, 5.74) is 1.03. The minimum atomic E-state index is -0.160. The van der Waals surface area contributed by atoms with Crippen LogP contribution in [-0.4, -0.2) is 75.9 Å². The number of ether oxygens (including phenoxy) is 3. The Labute approximate surface area is 184 Å². The number of nitrogens with one attached hydrogen (secondary N) is 2. The summed E-state index contributed by atoms with van der Waals surface area (Å²) in [5, 5.41) is 6.43. The second-order valence-electron chi connectivity index (χ2n) is 8.64. The highest BCUT2D eigenvalue weighted by Gasteiger charge is 2.26. The molecular formula is C23H35N3O5. The predicted molar refractivity (Wildman–Crippen MR) is 118 cm³/mol. The normalized spacial score (nSPS) is 26.3. The van der Waals surface area contributed by atoms with Gasteiger partial charge < -0.3 is 29.7 Å². The van der Waals surface area contributed by atoms with Gasteiger partial charge in [-0.3, -0.25) is 9.59 Å². The van der Waals surface area contributed by atoms with Crippen LogP contribution in [0.25, 0.3) is 0 Å². The number of amides is 2. The van der Waals surface area contributed by atoms with Crippen molar-refractivity contribution in [3.63, 3.8) is 0 Å². The van der Waals surface area contributed by atoms with Crippen LogP contribution in [0, 0.1) is 11.8 Å². The third kappa shape index (κ3) is 6.18. The van der Waals surface area contributed by atoms with E-state index < -0.39 is 0 Å². The Balaban J connectivity index is 1.83. The molecule has 1 fully saturated rings. The third-order valence-corrected chi connectivity index (χ3v) is 6.08. The first kappa shape index (κ1) is 23.5. The lowest BCUT2D eigenvalue weighted by Gasteiger charge is -2.30. The van der Waals surface area contributed by atoms with E-state index in [-0.39, 0.29) is 35.8 Å². The van der Waals surface area contributed by atoms with Crippen molar-refractivity contribution in [1.82, 2.24) is 10.2 Å². The SMILES string of the molecule is CO[C@@H]1CN(C)C(=O)c2cc(NC(=O)C3CCOCC3)ccc2OC[C@H](C)NC[C@@H]1C. The molecule has 3 atom stereocenters. The van der Waals surface area contributed by atoms with E-state index in [2.05, 4.69) is 24.5 Å². The first-order valence-electron chi connectivity index (χ1n) is 11.1. The van der Waals surface area contributed by atoms with Crippen LogP contribution in [-0.2, 0) is 14.3 Å². The van der Waals surface area contributed by atoms with E-state index in [1.165, 1.54) is 0 Å². The van der Waals surface area contributed by atoms with Gasteiger partial charge in [0.15, 0.2) is 0 Å². The average molecular weight is 434 g/mol. The van der Waals surface area contributed by atoms with Crippen molar-refractivity contribution < 1.29 is 23.8 Å². The van der Waals surface area contributed by atoms with Crippen LogP contribution in [0.1, 0.15) is 37.0 Å². The first-order valence-corrected chi connectivity index (χ1v) is 11.1. The summed E-state index contributed by atoms with van der Waals surface area (Å²) < 4.78 is 17.0. The molecule has 0 spiro atoms. The molecule has 172 valence electrons. The number of benzene rings is 1. The van der Waals surface area contributed by atoms with Crippen LogP contribution in [0.4, 0.5) is 5.69 Å². The monoisotopic (exact) mass is 433 g/mol. The highest BCUT2D eigenvalue weighted by molar-refractivity contribution is 5.99. The third-order valence-electron chi connectivity index (χ3n) is 6.08. The molecule has 8 heteroatoms. The highest BCUT2D eigenvalue weighted by Crippen LogP contribution is 2.26. The molecule has 31 heavy (non-hydrogen) atoms. The van der Waals surface area contributed by atoms with Gasteiger partial charge >= 0.3 is 0 Å². The molecule has 3 rings (SSSR count). The van der Waals surface area contributed by atoms with E-state index in [9.17, 15) is 9.59 Å². The molecule has 0 aliphatic carbocycles. The number of rotatable bonds is 3. The first-order chi connectivity index (χ1) is 14.9. The molecule has 1 saturated heterocycles. The van der Waals surface area contributed by atoms with Crippen LogP contribution in [0.15, 0.2) is 18.2 Å². The van der Waals surface area contributed by atoms with Gasteiger partial charge in [0.2, 0.25) is 5.91 Å². The van der Waals surface area contributed by atoms with E-state index >= 15 is 0 Å². The lowest BCUT2D eigenvalue weighted by Crippen LogP contribution is -2.44. The van der Waals surface area contributed by atoms with Crippen LogP contribution in [0.5, 0.6) is 5.75 Å². The number of nitrogens with zero attached hydrogens (tertiary/aromatic N) is 1. The minimum absolute atomic E-state index is 0.0378. The maximum absolute atomic E-state index is 13.3. The van der Waals surface area contributed by atoms with E-state index in [4.69, 9.17) is 14.2 Å². The largest absolute Gasteiger partial charge is 0.491 e. The fourth-order valence-corrected chi connectivity index (χ4v) is 3.94. The predicted octanol–water partition coefficient (Wildman–Crippen LogP) is 2.15. The fourth-order valence-electron chi connectivity index (χ4n) is 3.94. The number of carbonyl (C=O) groups excluding carboxylic acids is 2. The summed E-state index contributed by atoms with van der Waals surface area (Å²) >= 11 is 0. The zero-order valence-corrected chi connectivity index (χ0v) is 19.0. The second-order valence-corrected chi connectivity index (χ2v) is 8.64. The molecule has 0 aromatic heterocycles. The van der Waals surface area contributed by atoms with Crippen molar-refractivity contribution in [1.29, 1.82) is 0 Å². The van der Waals surface area contributed by atoms with Crippen LogP contribution in [0.3, 0.4) is 0 Å². The number of hydrogen-bond donors (Lipinski definition) is 2. The van der Waals surface area contributed by atoms with E-state index in [1.54, 1.807) is 37.3 Å². The molecule has 0 radical (unpaired) electrons. The smallest absolute Gasteiger partial charge is 0.257 e. The number of carbonyl (C=O) groups is 2. The molecule has 0 unspecified atom stereocenters. The van der Waals surface area contributed by atoms with Crippen molar-refractivity contribution in [2.75, 3.05) is 52.4 Å². The van der Waals surface area contributed by atoms with Crippen molar-refractivity contribution in [3.8, 4) is 5.75 Å². The summed E-state index contributed by atoms with van der Waals surface area (Å²) in [6.07, 6.45) is 1.33. The zero-order chi connectivity index (χ0) is 22.4. The van der Waals surface area contributed by atoms with Gasteiger partial charge in [0.25, 0.3) is 5.91 Å². The Morgan fingerprint density at radius 3 is 2.71 bits per heavy atom. The fraction of sp³-hybridized carbons (Fsp3) is 0.652. The quantitative estimate of drug-likeness (QED) is 0.759. The molecular weight excluding hydrogens is 398 g/mol. The van der Waals surface area contributed by atoms with Crippen molar-refractivity contribution in [2.45, 2.75) is 38.8 Å². The summed E-state index contributed by atoms with van der Waals surface area (Å²) in [7, 11) is 3.44. The molecule has 8 nitrogen and oxygen atoms in total.